The molecule has 0 amide bonds. The first-order valence-corrected chi connectivity index (χ1v) is 8.71. The standard InChI is InChI=1S/C18H13Cl2P.Ni/c19-16-12-7-13-17(18(16)20)21(14-8-3-1-4-9-14)15-10-5-2-6-11-15;/h1-13H;. The van der Waals surface area contributed by atoms with E-state index in [1.165, 1.54) is 10.6 Å². The van der Waals surface area contributed by atoms with Crippen LogP contribution < -0.4 is 15.9 Å². The van der Waals surface area contributed by atoms with Crippen molar-refractivity contribution in [2.24, 2.45) is 0 Å². The average Bonchev–Trinajstić information content (AvgIpc) is 2.54. The predicted molar refractivity (Wildman–Crippen MR) is 95.2 cm³/mol. The molecule has 0 N–H and O–H groups in total. The smallest absolute Gasteiger partial charge is 0.0675 e. The molecule has 4 heteroatoms. The maximum absolute atomic E-state index is 6.47. The third kappa shape index (κ3) is 3.73. The Labute approximate surface area is 152 Å². The van der Waals surface area contributed by atoms with Crippen molar-refractivity contribution in [2.75, 3.05) is 0 Å². The second-order valence-electron chi connectivity index (χ2n) is 4.58. The van der Waals surface area contributed by atoms with E-state index in [9.17, 15) is 0 Å². The summed E-state index contributed by atoms with van der Waals surface area (Å²) in [7, 11) is -0.699. The van der Waals surface area contributed by atoms with Crippen molar-refractivity contribution in [3.63, 3.8) is 0 Å². The molecule has 22 heavy (non-hydrogen) atoms. The van der Waals surface area contributed by atoms with Crippen LogP contribution in [0.25, 0.3) is 0 Å². The van der Waals surface area contributed by atoms with Gasteiger partial charge in [-0.25, -0.2) is 0 Å². The first kappa shape index (κ1) is 17.5. The monoisotopic (exact) mass is 388 g/mol. The van der Waals surface area contributed by atoms with Crippen molar-refractivity contribution in [3.05, 3.63) is 88.9 Å². The van der Waals surface area contributed by atoms with E-state index in [4.69, 9.17) is 23.2 Å². The molecule has 0 aliphatic heterocycles. The third-order valence-electron chi connectivity index (χ3n) is 3.20. The molecule has 0 fully saturated rings. The summed E-state index contributed by atoms with van der Waals surface area (Å²) in [5.41, 5.74) is 0. The van der Waals surface area contributed by atoms with Crippen molar-refractivity contribution in [1.29, 1.82) is 0 Å². The molecule has 0 saturated heterocycles. The fraction of sp³-hybridized carbons (Fsp3) is 0. The summed E-state index contributed by atoms with van der Waals surface area (Å²) >= 11 is 12.7. The summed E-state index contributed by atoms with van der Waals surface area (Å²) in [6, 6.07) is 26.8. The van der Waals surface area contributed by atoms with Gasteiger partial charge in [-0.05, 0) is 24.6 Å². The Hall–Kier alpha value is -0.836. The van der Waals surface area contributed by atoms with Gasteiger partial charge >= 0.3 is 0 Å². The summed E-state index contributed by atoms with van der Waals surface area (Å²) in [4.78, 5) is 0. The Kier molecular flexibility index (Phi) is 6.48. The van der Waals surface area contributed by atoms with E-state index in [-0.39, 0.29) is 16.5 Å². The first-order valence-electron chi connectivity index (χ1n) is 6.61. The molecule has 0 radical (unpaired) electrons. The Bertz CT molecular complexity index is 693. The van der Waals surface area contributed by atoms with Gasteiger partial charge in [0, 0.05) is 21.8 Å². The Morgan fingerprint density at radius 1 is 0.591 bits per heavy atom. The maximum Gasteiger partial charge on any atom is 0.0675 e. The van der Waals surface area contributed by atoms with Crippen molar-refractivity contribution >= 4 is 47.0 Å². The fourth-order valence-corrected chi connectivity index (χ4v) is 5.21. The van der Waals surface area contributed by atoms with E-state index in [1.54, 1.807) is 0 Å². The Balaban J connectivity index is 0.00000176. The van der Waals surface area contributed by atoms with Crippen molar-refractivity contribution in [2.45, 2.75) is 0 Å². The van der Waals surface area contributed by atoms with Crippen LogP contribution in [0.3, 0.4) is 0 Å². The maximum atomic E-state index is 6.47. The van der Waals surface area contributed by atoms with E-state index in [1.807, 2.05) is 24.3 Å². The van der Waals surface area contributed by atoms with Crippen LogP contribution in [0.2, 0.25) is 10.0 Å². The second kappa shape index (κ2) is 8.14. The average molecular weight is 390 g/mol. The van der Waals surface area contributed by atoms with Gasteiger partial charge < -0.3 is 0 Å². The van der Waals surface area contributed by atoms with Gasteiger partial charge in [-0.2, -0.15) is 0 Å². The SMILES string of the molecule is Clc1cccc(P(c2ccccc2)c2ccccc2)c1Cl.[Ni]. The number of hydrogen-bond donors (Lipinski definition) is 0. The minimum atomic E-state index is -0.699. The Morgan fingerprint density at radius 2 is 1.09 bits per heavy atom. The molecule has 3 aromatic carbocycles. The molecule has 0 bridgehead atoms. The molecular weight excluding hydrogens is 377 g/mol. The molecule has 0 saturated carbocycles. The quantitative estimate of drug-likeness (QED) is 0.448. The zero-order valence-corrected chi connectivity index (χ0v) is 14.9. The summed E-state index contributed by atoms with van der Waals surface area (Å²) in [5, 5.41) is 4.88. The topological polar surface area (TPSA) is 0 Å². The van der Waals surface area contributed by atoms with E-state index in [2.05, 4.69) is 54.6 Å². The largest absolute Gasteiger partial charge is 0.0827 e. The van der Waals surface area contributed by atoms with Gasteiger partial charge in [-0.3, -0.25) is 0 Å². The van der Waals surface area contributed by atoms with Crippen LogP contribution in [0, 0.1) is 0 Å². The van der Waals surface area contributed by atoms with Gasteiger partial charge in [-0.1, -0.05) is 96.0 Å². The molecule has 3 aromatic rings. The van der Waals surface area contributed by atoms with Crippen molar-refractivity contribution < 1.29 is 16.5 Å². The summed E-state index contributed by atoms with van der Waals surface area (Å²) in [6.45, 7) is 0. The van der Waals surface area contributed by atoms with Gasteiger partial charge in [0.1, 0.15) is 0 Å². The van der Waals surface area contributed by atoms with Gasteiger partial charge in [-0.15, -0.1) is 0 Å². The van der Waals surface area contributed by atoms with E-state index >= 15 is 0 Å². The first-order chi connectivity index (χ1) is 10.3. The molecule has 0 aromatic heterocycles. The van der Waals surface area contributed by atoms with Gasteiger partial charge in [0.15, 0.2) is 0 Å². The van der Waals surface area contributed by atoms with Gasteiger partial charge in [0.2, 0.25) is 0 Å². The van der Waals surface area contributed by atoms with E-state index < -0.39 is 7.92 Å². The predicted octanol–water partition coefficient (Wildman–Crippen LogP) is 4.75. The zero-order chi connectivity index (χ0) is 14.7. The molecule has 0 atom stereocenters. The van der Waals surface area contributed by atoms with Crippen LogP contribution in [0.5, 0.6) is 0 Å². The van der Waals surface area contributed by atoms with Gasteiger partial charge in [0.25, 0.3) is 0 Å². The van der Waals surface area contributed by atoms with Crippen molar-refractivity contribution in [3.8, 4) is 0 Å². The zero-order valence-electron chi connectivity index (χ0n) is 11.5. The summed E-state index contributed by atoms with van der Waals surface area (Å²) in [6.07, 6.45) is 0. The molecule has 114 valence electrons. The summed E-state index contributed by atoms with van der Waals surface area (Å²) < 4.78 is 0. The van der Waals surface area contributed by atoms with E-state index in [0.717, 1.165) is 5.30 Å². The van der Waals surface area contributed by atoms with Crippen LogP contribution in [-0.2, 0) is 16.5 Å². The number of rotatable bonds is 3. The molecular formula is C18H13Cl2NiP. The van der Waals surface area contributed by atoms with Crippen LogP contribution in [0.1, 0.15) is 0 Å². The van der Waals surface area contributed by atoms with Crippen LogP contribution in [0.4, 0.5) is 0 Å². The normalized spacial score (nSPS) is 10.3. The number of halogens is 2. The van der Waals surface area contributed by atoms with Gasteiger partial charge in [0.05, 0.1) is 10.0 Å². The Morgan fingerprint density at radius 3 is 1.59 bits per heavy atom. The molecule has 0 aliphatic carbocycles. The molecule has 0 aliphatic rings. The number of hydrogen-bond acceptors (Lipinski definition) is 0. The number of benzene rings is 3. The fourth-order valence-electron chi connectivity index (χ4n) is 2.25. The molecule has 0 nitrogen and oxygen atoms in total. The molecule has 0 unspecified atom stereocenters. The minimum Gasteiger partial charge on any atom is -0.0827 e. The van der Waals surface area contributed by atoms with Crippen LogP contribution in [0.15, 0.2) is 78.9 Å². The second-order valence-corrected chi connectivity index (χ2v) is 7.55. The van der Waals surface area contributed by atoms with Crippen molar-refractivity contribution in [1.82, 2.24) is 0 Å². The molecule has 0 spiro atoms. The van der Waals surface area contributed by atoms with Crippen LogP contribution >= 0.6 is 31.1 Å². The third-order valence-corrected chi connectivity index (χ3v) is 6.64. The summed E-state index contributed by atoms with van der Waals surface area (Å²) in [5.74, 6) is 0. The van der Waals surface area contributed by atoms with Crippen LogP contribution in [-0.4, -0.2) is 0 Å². The molecule has 0 heterocycles. The van der Waals surface area contributed by atoms with E-state index in [0.29, 0.717) is 10.0 Å². The minimum absolute atomic E-state index is 0. The molecule has 3 rings (SSSR count).